The van der Waals surface area contributed by atoms with Crippen LogP contribution in [0.3, 0.4) is 0 Å². The van der Waals surface area contributed by atoms with Gasteiger partial charge in [0, 0.05) is 12.4 Å². The largest absolute Gasteiger partial charge is 0.467 e. The lowest BCUT2D eigenvalue weighted by molar-refractivity contribution is -0.144. The van der Waals surface area contributed by atoms with Crippen LogP contribution in [0.5, 0.6) is 0 Å². The summed E-state index contributed by atoms with van der Waals surface area (Å²) in [6, 6.07) is -0.328. The second-order valence-electron chi connectivity index (χ2n) is 3.23. The highest BCUT2D eigenvalue weighted by atomic mass is 16.5. The first kappa shape index (κ1) is 11.7. The van der Waals surface area contributed by atoms with Crippen molar-refractivity contribution in [2.45, 2.75) is 26.4 Å². The quantitative estimate of drug-likeness (QED) is 0.729. The van der Waals surface area contributed by atoms with Gasteiger partial charge >= 0.3 is 5.97 Å². The SMILES string of the molecule is CCNCc1nccn1C(C)C(=O)OC. The Bertz CT molecular complexity index is 322. The average Bonchev–Trinajstić information content (AvgIpc) is 2.72. The summed E-state index contributed by atoms with van der Waals surface area (Å²) in [5.41, 5.74) is 0. The summed E-state index contributed by atoms with van der Waals surface area (Å²) in [5.74, 6) is 0.584. The van der Waals surface area contributed by atoms with Crippen LogP contribution in [0.1, 0.15) is 25.7 Å². The average molecular weight is 211 g/mol. The molecule has 0 aromatic carbocycles. The van der Waals surface area contributed by atoms with E-state index < -0.39 is 0 Å². The fourth-order valence-electron chi connectivity index (χ4n) is 1.35. The van der Waals surface area contributed by atoms with E-state index in [1.165, 1.54) is 7.11 Å². The van der Waals surface area contributed by atoms with Gasteiger partial charge in [-0.2, -0.15) is 0 Å². The molecule has 0 radical (unpaired) electrons. The van der Waals surface area contributed by atoms with Gasteiger partial charge in [-0.1, -0.05) is 6.92 Å². The van der Waals surface area contributed by atoms with Crippen molar-refractivity contribution >= 4 is 5.97 Å². The number of aromatic nitrogens is 2. The standard InChI is InChI=1S/C10H17N3O2/c1-4-11-7-9-12-5-6-13(9)8(2)10(14)15-3/h5-6,8,11H,4,7H2,1-3H3. The van der Waals surface area contributed by atoms with E-state index in [9.17, 15) is 4.79 Å². The summed E-state index contributed by atoms with van der Waals surface area (Å²) in [4.78, 5) is 15.5. The van der Waals surface area contributed by atoms with Crippen molar-refractivity contribution in [3.05, 3.63) is 18.2 Å². The number of carbonyl (C=O) groups is 1. The third kappa shape index (κ3) is 2.79. The van der Waals surface area contributed by atoms with Crippen LogP contribution in [0, 0.1) is 0 Å². The molecule has 1 heterocycles. The van der Waals surface area contributed by atoms with E-state index in [0.717, 1.165) is 12.4 Å². The summed E-state index contributed by atoms with van der Waals surface area (Å²) in [7, 11) is 1.39. The molecule has 1 aromatic rings. The van der Waals surface area contributed by atoms with Crippen molar-refractivity contribution in [2.75, 3.05) is 13.7 Å². The first-order valence-electron chi connectivity index (χ1n) is 5.01. The molecule has 5 nitrogen and oxygen atoms in total. The van der Waals surface area contributed by atoms with Crippen LogP contribution in [0.4, 0.5) is 0 Å². The second-order valence-corrected chi connectivity index (χ2v) is 3.23. The van der Waals surface area contributed by atoms with Crippen molar-refractivity contribution in [3.8, 4) is 0 Å². The predicted molar refractivity (Wildman–Crippen MR) is 56.3 cm³/mol. The van der Waals surface area contributed by atoms with Crippen molar-refractivity contribution < 1.29 is 9.53 Å². The smallest absolute Gasteiger partial charge is 0.328 e. The topological polar surface area (TPSA) is 56.2 Å². The number of carbonyl (C=O) groups excluding carboxylic acids is 1. The van der Waals surface area contributed by atoms with Gasteiger partial charge in [0.2, 0.25) is 0 Å². The summed E-state index contributed by atoms with van der Waals surface area (Å²) in [6.07, 6.45) is 3.47. The van der Waals surface area contributed by atoms with Crippen LogP contribution < -0.4 is 5.32 Å². The molecule has 1 aromatic heterocycles. The Morgan fingerprint density at radius 3 is 3.07 bits per heavy atom. The zero-order valence-corrected chi connectivity index (χ0v) is 9.36. The lowest BCUT2D eigenvalue weighted by Crippen LogP contribution is -2.22. The van der Waals surface area contributed by atoms with Gasteiger partial charge in [0.15, 0.2) is 0 Å². The van der Waals surface area contributed by atoms with Crippen LogP contribution in [-0.2, 0) is 16.1 Å². The Morgan fingerprint density at radius 1 is 1.73 bits per heavy atom. The van der Waals surface area contributed by atoms with Crippen molar-refractivity contribution in [3.63, 3.8) is 0 Å². The number of hydrogen-bond acceptors (Lipinski definition) is 4. The lowest BCUT2D eigenvalue weighted by atomic mass is 10.3. The van der Waals surface area contributed by atoms with E-state index in [1.54, 1.807) is 19.3 Å². The normalized spacial score (nSPS) is 12.5. The maximum Gasteiger partial charge on any atom is 0.328 e. The Labute approximate surface area is 89.4 Å². The number of nitrogens with zero attached hydrogens (tertiary/aromatic N) is 2. The number of nitrogens with one attached hydrogen (secondary N) is 1. The summed E-state index contributed by atoms with van der Waals surface area (Å²) in [5, 5.41) is 3.17. The Balaban J connectivity index is 2.75. The van der Waals surface area contributed by atoms with Gasteiger partial charge in [0.05, 0.1) is 13.7 Å². The molecule has 0 fully saturated rings. The highest BCUT2D eigenvalue weighted by Crippen LogP contribution is 2.10. The number of esters is 1. The van der Waals surface area contributed by atoms with Gasteiger partial charge in [-0.3, -0.25) is 0 Å². The molecule has 15 heavy (non-hydrogen) atoms. The van der Waals surface area contributed by atoms with Gasteiger partial charge in [0.25, 0.3) is 0 Å². The maximum atomic E-state index is 11.3. The zero-order valence-electron chi connectivity index (χ0n) is 9.36. The molecule has 0 amide bonds. The fraction of sp³-hybridized carbons (Fsp3) is 0.600. The highest BCUT2D eigenvalue weighted by molar-refractivity contribution is 5.73. The van der Waals surface area contributed by atoms with Gasteiger partial charge in [0.1, 0.15) is 11.9 Å². The molecule has 1 rings (SSSR count). The summed E-state index contributed by atoms with van der Waals surface area (Å²) in [6.45, 7) is 5.35. The third-order valence-corrected chi connectivity index (χ3v) is 2.24. The van der Waals surface area contributed by atoms with Crippen LogP contribution in [0.25, 0.3) is 0 Å². The molecule has 0 saturated carbocycles. The molecule has 5 heteroatoms. The first-order chi connectivity index (χ1) is 7.20. The van der Waals surface area contributed by atoms with E-state index in [0.29, 0.717) is 6.54 Å². The van der Waals surface area contributed by atoms with Gasteiger partial charge in [-0.05, 0) is 13.5 Å². The predicted octanol–water partition coefficient (Wildman–Crippen LogP) is 0.727. The molecule has 0 aliphatic heterocycles. The Hall–Kier alpha value is -1.36. The third-order valence-electron chi connectivity index (χ3n) is 2.24. The summed E-state index contributed by atoms with van der Waals surface area (Å²) < 4.78 is 6.50. The molecular weight excluding hydrogens is 194 g/mol. The van der Waals surface area contributed by atoms with E-state index in [-0.39, 0.29) is 12.0 Å². The van der Waals surface area contributed by atoms with Crippen molar-refractivity contribution in [1.29, 1.82) is 0 Å². The molecule has 0 spiro atoms. The lowest BCUT2D eigenvalue weighted by Gasteiger charge is -2.14. The van der Waals surface area contributed by atoms with E-state index >= 15 is 0 Å². The van der Waals surface area contributed by atoms with Crippen molar-refractivity contribution in [1.82, 2.24) is 14.9 Å². The number of ether oxygens (including phenoxy) is 1. The number of methoxy groups -OCH3 is 1. The van der Waals surface area contributed by atoms with Gasteiger partial charge < -0.3 is 14.6 Å². The van der Waals surface area contributed by atoms with Crippen LogP contribution in [0.2, 0.25) is 0 Å². The fourth-order valence-corrected chi connectivity index (χ4v) is 1.35. The molecule has 1 unspecified atom stereocenters. The molecule has 0 aliphatic carbocycles. The molecule has 0 aliphatic rings. The molecule has 84 valence electrons. The zero-order chi connectivity index (χ0) is 11.3. The van der Waals surface area contributed by atoms with E-state index in [2.05, 4.69) is 15.0 Å². The molecule has 0 bridgehead atoms. The minimum Gasteiger partial charge on any atom is -0.467 e. The highest BCUT2D eigenvalue weighted by Gasteiger charge is 2.17. The second kappa shape index (κ2) is 5.50. The molecule has 1 N–H and O–H groups in total. The maximum absolute atomic E-state index is 11.3. The van der Waals surface area contributed by atoms with E-state index in [4.69, 9.17) is 0 Å². The van der Waals surface area contributed by atoms with Crippen LogP contribution in [0.15, 0.2) is 12.4 Å². The monoisotopic (exact) mass is 211 g/mol. The number of imidazole rings is 1. The Morgan fingerprint density at radius 2 is 2.47 bits per heavy atom. The first-order valence-corrected chi connectivity index (χ1v) is 5.01. The number of hydrogen-bond donors (Lipinski definition) is 1. The minimum atomic E-state index is -0.328. The molecule has 0 saturated heterocycles. The van der Waals surface area contributed by atoms with Crippen LogP contribution >= 0.6 is 0 Å². The number of rotatable bonds is 5. The van der Waals surface area contributed by atoms with Crippen LogP contribution in [-0.4, -0.2) is 29.2 Å². The Kier molecular flexibility index (Phi) is 4.30. The minimum absolute atomic E-state index is 0.259. The summed E-state index contributed by atoms with van der Waals surface area (Å²) >= 11 is 0. The van der Waals surface area contributed by atoms with Gasteiger partial charge in [-0.25, -0.2) is 9.78 Å². The van der Waals surface area contributed by atoms with Gasteiger partial charge in [-0.15, -0.1) is 0 Å². The van der Waals surface area contributed by atoms with Crippen molar-refractivity contribution in [2.24, 2.45) is 0 Å². The van der Waals surface area contributed by atoms with E-state index in [1.807, 2.05) is 11.5 Å². The molecular formula is C10H17N3O2. The molecule has 1 atom stereocenters.